The van der Waals surface area contributed by atoms with Crippen LogP contribution >= 0.6 is 0 Å². The summed E-state index contributed by atoms with van der Waals surface area (Å²) >= 11 is 0. The van der Waals surface area contributed by atoms with E-state index in [-0.39, 0.29) is 0 Å². The summed E-state index contributed by atoms with van der Waals surface area (Å²) in [4.78, 5) is 13.0. The molecular formula is C36H45N5O2. The minimum absolute atomic E-state index is 0.344. The van der Waals surface area contributed by atoms with Crippen molar-refractivity contribution >= 4 is 17.6 Å². The molecule has 1 saturated carbocycles. The molecule has 0 amide bonds. The maximum Gasteiger partial charge on any atom is 0.138 e. The molecule has 4 bridgehead atoms. The number of nitrogens with zero attached hydrogens (tertiary/aromatic N) is 2. The van der Waals surface area contributed by atoms with Crippen molar-refractivity contribution in [3.05, 3.63) is 94.9 Å². The van der Waals surface area contributed by atoms with Gasteiger partial charge >= 0.3 is 0 Å². The first-order chi connectivity index (χ1) is 20.9. The Balaban J connectivity index is 1.63. The number of aromatic nitrogens is 2. The summed E-state index contributed by atoms with van der Waals surface area (Å²) in [7, 11) is 0. The fraction of sp³-hybridized carbons (Fsp3) is 0.389. The number of pyridine rings is 1. The fourth-order valence-electron chi connectivity index (χ4n) is 5.24. The molecule has 7 nitrogen and oxygen atoms in total. The van der Waals surface area contributed by atoms with Crippen molar-refractivity contribution in [3.8, 4) is 16.9 Å². The number of ether oxygens (including phenoxy) is 2. The second kappa shape index (κ2) is 13.8. The van der Waals surface area contributed by atoms with Crippen LogP contribution in [0.5, 0.6) is 5.75 Å². The van der Waals surface area contributed by atoms with Gasteiger partial charge < -0.3 is 25.1 Å². The number of anilines is 1. The maximum absolute atomic E-state index is 6.08. The SMILES string of the molecule is C=C/C1=C\c2cc(ccc2C(C)C)-c2c[nH]c(N/C(NCC3CC3)=C(\C)CC)c2C(C)=NCc2cncc(c2)OCCO1. The van der Waals surface area contributed by atoms with Crippen LogP contribution in [0.3, 0.4) is 0 Å². The smallest absolute Gasteiger partial charge is 0.138 e. The van der Waals surface area contributed by atoms with Crippen LogP contribution in [0.15, 0.2) is 77.7 Å². The zero-order valence-electron chi connectivity index (χ0n) is 26.2. The van der Waals surface area contributed by atoms with E-state index in [4.69, 9.17) is 14.5 Å². The van der Waals surface area contributed by atoms with Crippen LogP contribution in [0.25, 0.3) is 17.2 Å². The molecule has 1 aliphatic carbocycles. The fourth-order valence-corrected chi connectivity index (χ4v) is 5.24. The molecule has 1 aromatic carbocycles. The second-order valence-corrected chi connectivity index (χ2v) is 11.8. The van der Waals surface area contributed by atoms with Crippen molar-refractivity contribution in [2.45, 2.75) is 66.3 Å². The predicted octanol–water partition coefficient (Wildman–Crippen LogP) is 8.20. The highest BCUT2D eigenvalue weighted by atomic mass is 16.5. The van der Waals surface area contributed by atoms with Crippen molar-refractivity contribution in [1.82, 2.24) is 15.3 Å². The van der Waals surface area contributed by atoms with Gasteiger partial charge in [0.05, 0.1) is 12.7 Å². The van der Waals surface area contributed by atoms with E-state index in [0.717, 1.165) is 64.1 Å². The van der Waals surface area contributed by atoms with Gasteiger partial charge in [0.15, 0.2) is 0 Å². The van der Waals surface area contributed by atoms with Gasteiger partial charge in [-0.1, -0.05) is 39.5 Å². The minimum atomic E-state index is 0.344. The summed E-state index contributed by atoms with van der Waals surface area (Å²) in [5.74, 6) is 4.51. The van der Waals surface area contributed by atoms with E-state index in [9.17, 15) is 0 Å². The van der Waals surface area contributed by atoms with Gasteiger partial charge in [-0.25, -0.2) is 0 Å². The Morgan fingerprint density at radius 3 is 2.72 bits per heavy atom. The Kier molecular flexibility index (Phi) is 9.70. The molecule has 0 saturated heterocycles. The van der Waals surface area contributed by atoms with Crippen LogP contribution in [0.2, 0.25) is 0 Å². The van der Waals surface area contributed by atoms with Gasteiger partial charge in [0.1, 0.15) is 36.4 Å². The van der Waals surface area contributed by atoms with E-state index >= 15 is 0 Å². The average molecular weight is 580 g/mol. The molecule has 1 aliphatic heterocycles. The van der Waals surface area contributed by atoms with Gasteiger partial charge in [-0.15, -0.1) is 0 Å². The topological polar surface area (TPSA) is 83.6 Å². The monoisotopic (exact) mass is 579 g/mol. The summed E-state index contributed by atoms with van der Waals surface area (Å²) in [5.41, 5.74) is 8.80. The Bertz CT molecular complexity index is 1540. The standard InChI is InChI=1S/C36H45N5O2/c1-7-24(5)35(39-19-26-9-10-26)41-36-34-25(6)38-20-27-15-31(21-37-18-27)43-14-13-42-30(8-2)17-29-16-28(33(34)22-40-36)11-12-32(29)23(3)4/h8,11-12,15-18,21-23,26,39-41H,2,7,9-10,13-14,19-20H2,1,3-6H3/b30-17+,35-24+,38-25?. The van der Waals surface area contributed by atoms with Crippen LogP contribution in [0.4, 0.5) is 5.82 Å². The Morgan fingerprint density at radius 2 is 1.98 bits per heavy atom. The molecule has 5 rings (SSSR count). The quantitative estimate of drug-likeness (QED) is 0.251. The number of fused-ring (bicyclic) bond motifs is 6. The van der Waals surface area contributed by atoms with Crippen LogP contribution in [0.1, 0.15) is 82.1 Å². The number of hydrogen-bond acceptors (Lipinski definition) is 6. The lowest BCUT2D eigenvalue weighted by Gasteiger charge is -2.18. The first-order valence-corrected chi connectivity index (χ1v) is 15.5. The third kappa shape index (κ3) is 7.58. The molecule has 226 valence electrons. The van der Waals surface area contributed by atoms with Crippen molar-refractivity contribution in [3.63, 3.8) is 0 Å². The highest BCUT2D eigenvalue weighted by molar-refractivity contribution is 6.09. The molecular weight excluding hydrogens is 534 g/mol. The molecule has 0 radical (unpaired) electrons. The lowest BCUT2D eigenvalue weighted by Crippen LogP contribution is -2.24. The summed E-state index contributed by atoms with van der Waals surface area (Å²) < 4.78 is 12.0. The number of hydrogen-bond donors (Lipinski definition) is 3. The first kappa shape index (κ1) is 30.2. The molecule has 0 atom stereocenters. The first-order valence-electron chi connectivity index (χ1n) is 15.5. The molecule has 3 aromatic rings. The maximum atomic E-state index is 6.08. The molecule has 1 fully saturated rings. The predicted molar refractivity (Wildman–Crippen MR) is 177 cm³/mol. The third-order valence-electron chi connectivity index (χ3n) is 8.12. The Morgan fingerprint density at radius 1 is 1.16 bits per heavy atom. The van der Waals surface area contributed by atoms with Crippen LogP contribution in [0, 0.1) is 5.92 Å². The zero-order valence-corrected chi connectivity index (χ0v) is 26.2. The lowest BCUT2D eigenvalue weighted by atomic mass is 9.92. The largest absolute Gasteiger partial charge is 0.490 e. The second-order valence-electron chi connectivity index (χ2n) is 11.8. The van der Waals surface area contributed by atoms with Crippen LogP contribution < -0.4 is 15.4 Å². The van der Waals surface area contributed by atoms with Gasteiger partial charge in [0.2, 0.25) is 0 Å². The van der Waals surface area contributed by atoms with E-state index < -0.39 is 0 Å². The molecule has 0 unspecified atom stereocenters. The molecule has 0 spiro atoms. The molecule has 2 aliphatic rings. The number of nitrogens with one attached hydrogen (secondary N) is 3. The summed E-state index contributed by atoms with van der Waals surface area (Å²) in [6.45, 7) is 17.2. The minimum Gasteiger partial charge on any atom is -0.490 e. The highest BCUT2D eigenvalue weighted by Crippen LogP contribution is 2.35. The van der Waals surface area contributed by atoms with Gasteiger partial charge in [-0.05, 0) is 97.1 Å². The van der Waals surface area contributed by atoms with Gasteiger partial charge in [0, 0.05) is 35.8 Å². The number of benzene rings is 1. The van der Waals surface area contributed by atoms with Crippen molar-refractivity contribution in [1.29, 1.82) is 0 Å². The van der Waals surface area contributed by atoms with Crippen molar-refractivity contribution < 1.29 is 9.47 Å². The third-order valence-corrected chi connectivity index (χ3v) is 8.12. The van der Waals surface area contributed by atoms with E-state index in [2.05, 4.69) is 92.3 Å². The van der Waals surface area contributed by atoms with Crippen molar-refractivity contribution in [2.75, 3.05) is 25.1 Å². The molecule has 43 heavy (non-hydrogen) atoms. The highest BCUT2D eigenvalue weighted by Gasteiger charge is 2.23. The normalized spacial score (nSPS) is 17.3. The summed E-state index contributed by atoms with van der Waals surface area (Å²) in [6.07, 6.45) is 13.1. The van der Waals surface area contributed by atoms with Gasteiger partial charge in [-0.2, -0.15) is 0 Å². The van der Waals surface area contributed by atoms with E-state index in [1.807, 2.05) is 12.3 Å². The number of allylic oxidation sites excluding steroid dienone is 2. The van der Waals surface area contributed by atoms with Gasteiger partial charge in [-0.3, -0.25) is 9.98 Å². The van der Waals surface area contributed by atoms with E-state index in [1.165, 1.54) is 24.0 Å². The zero-order chi connectivity index (χ0) is 30.3. The van der Waals surface area contributed by atoms with E-state index in [0.29, 0.717) is 37.2 Å². The summed E-state index contributed by atoms with van der Waals surface area (Å²) in [5, 5.41) is 7.42. The lowest BCUT2D eigenvalue weighted by molar-refractivity contribution is 0.165. The average Bonchev–Trinajstić information content (AvgIpc) is 3.75. The number of aromatic amines is 1. The van der Waals surface area contributed by atoms with Crippen LogP contribution in [-0.2, 0) is 11.3 Å². The summed E-state index contributed by atoms with van der Waals surface area (Å²) in [6, 6.07) is 8.67. The van der Waals surface area contributed by atoms with Gasteiger partial charge in [0.25, 0.3) is 0 Å². The molecule has 2 aromatic heterocycles. The van der Waals surface area contributed by atoms with Crippen LogP contribution in [-0.4, -0.2) is 35.4 Å². The number of rotatable bonds is 8. The number of H-pyrrole nitrogens is 1. The Labute approximate surface area is 256 Å². The molecule has 3 N–H and O–H groups in total. The van der Waals surface area contributed by atoms with E-state index in [1.54, 1.807) is 12.3 Å². The molecule has 3 heterocycles. The Hall–Kier alpha value is -4.26. The van der Waals surface area contributed by atoms with Crippen molar-refractivity contribution in [2.24, 2.45) is 10.9 Å². The number of aliphatic imine (C=N–C) groups is 1. The molecule has 7 heteroatoms.